The first-order valence-electron chi connectivity index (χ1n) is 6.28. The molecule has 0 fully saturated rings. The molecule has 6 heteroatoms. The van der Waals surface area contributed by atoms with Crippen LogP contribution in [0, 0.1) is 6.92 Å². The lowest BCUT2D eigenvalue weighted by molar-refractivity contribution is 0.210. The molecule has 0 saturated heterocycles. The Morgan fingerprint density at radius 3 is 2.65 bits per heavy atom. The van der Waals surface area contributed by atoms with Crippen LogP contribution in [0.3, 0.4) is 0 Å². The van der Waals surface area contributed by atoms with E-state index in [-0.39, 0.29) is 0 Å². The summed E-state index contributed by atoms with van der Waals surface area (Å²) in [7, 11) is 1.64. The van der Waals surface area contributed by atoms with Gasteiger partial charge in [-0.2, -0.15) is 4.98 Å². The molecule has 1 heterocycles. The molecule has 0 atom stereocenters. The van der Waals surface area contributed by atoms with E-state index in [1.165, 1.54) is 6.33 Å². The van der Waals surface area contributed by atoms with E-state index < -0.39 is 0 Å². The fourth-order valence-electron chi connectivity index (χ4n) is 1.59. The van der Waals surface area contributed by atoms with Crippen molar-refractivity contribution in [3.8, 4) is 11.6 Å². The van der Waals surface area contributed by atoms with Gasteiger partial charge in [0.15, 0.2) is 5.82 Å². The summed E-state index contributed by atoms with van der Waals surface area (Å²) in [6, 6.07) is 7.67. The van der Waals surface area contributed by atoms with Gasteiger partial charge in [-0.15, -0.1) is 0 Å². The van der Waals surface area contributed by atoms with Crippen molar-refractivity contribution < 1.29 is 9.47 Å². The van der Waals surface area contributed by atoms with E-state index in [1.54, 1.807) is 7.11 Å². The topological polar surface area (TPSA) is 82.3 Å². The van der Waals surface area contributed by atoms with Crippen LogP contribution >= 0.6 is 0 Å². The van der Waals surface area contributed by atoms with Crippen LogP contribution in [0.1, 0.15) is 5.56 Å². The van der Waals surface area contributed by atoms with Crippen LogP contribution in [0.25, 0.3) is 0 Å². The minimum atomic E-state index is 0.337. The Kier molecular flexibility index (Phi) is 4.73. The third-order valence-corrected chi connectivity index (χ3v) is 2.68. The molecule has 20 heavy (non-hydrogen) atoms. The quantitative estimate of drug-likeness (QED) is 0.786. The minimum Gasteiger partial charge on any atom is -0.437 e. The lowest BCUT2D eigenvalue weighted by Gasteiger charge is -2.11. The maximum atomic E-state index is 5.99. The van der Waals surface area contributed by atoms with Gasteiger partial charge in [0.1, 0.15) is 17.8 Å². The van der Waals surface area contributed by atoms with Gasteiger partial charge in [0.2, 0.25) is 5.88 Å². The van der Waals surface area contributed by atoms with Crippen LogP contribution in [0.2, 0.25) is 0 Å². The normalized spacial score (nSPS) is 10.3. The second-order valence-corrected chi connectivity index (χ2v) is 4.28. The van der Waals surface area contributed by atoms with Crippen molar-refractivity contribution in [3.05, 3.63) is 36.2 Å². The fraction of sp³-hybridized carbons (Fsp3) is 0.286. The van der Waals surface area contributed by atoms with Crippen molar-refractivity contribution in [2.45, 2.75) is 6.92 Å². The Morgan fingerprint density at radius 1 is 1.20 bits per heavy atom. The molecule has 0 aliphatic carbocycles. The van der Waals surface area contributed by atoms with Crippen LogP contribution in [0.4, 0.5) is 11.5 Å². The Labute approximate surface area is 118 Å². The minimum absolute atomic E-state index is 0.337. The van der Waals surface area contributed by atoms with Crippen molar-refractivity contribution in [2.75, 3.05) is 31.3 Å². The molecule has 106 valence electrons. The number of anilines is 2. The number of hydrogen-bond donors (Lipinski definition) is 2. The lowest BCUT2D eigenvalue weighted by atomic mass is 10.2. The zero-order valence-electron chi connectivity index (χ0n) is 11.6. The van der Waals surface area contributed by atoms with Crippen molar-refractivity contribution in [1.29, 1.82) is 0 Å². The van der Waals surface area contributed by atoms with E-state index in [1.807, 2.05) is 31.2 Å². The summed E-state index contributed by atoms with van der Waals surface area (Å²) in [5, 5.41) is 3.07. The van der Waals surface area contributed by atoms with Gasteiger partial charge in [0.25, 0.3) is 0 Å². The SMILES string of the molecule is COCCNc1ncnc(Oc2ccc(C)cc2)c1N. The number of aromatic nitrogens is 2. The predicted octanol–water partition coefficient (Wildman–Crippen LogP) is 2.22. The van der Waals surface area contributed by atoms with Gasteiger partial charge < -0.3 is 20.5 Å². The Hall–Kier alpha value is -2.34. The summed E-state index contributed by atoms with van der Waals surface area (Å²) in [4.78, 5) is 8.14. The fourth-order valence-corrected chi connectivity index (χ4v) is 1.59. The van der Waals surface area contributed by atoms with Crippen molar-refractivity contribution >= 4 is 11.5 Å². The summed E-state index contributed by atoms with van der Waals surface area (Å²) < 4.78 is 10.6. The van der Waals surface area contributed by atoms with E-state index in [4.69, 9.17) is 15.2 Å². The Bertz CT molecular complexity index is 558. The molecule has 0 saturated carbocycles. The van der Waals surface area contributed by atoms with Crippen LogP contribution in [0.5, 0.6) is 11.6 Å². The highest BCUT2D eigenvalue weighted by atomic mass is 16.5. The molecular formula is C14H18N4O2. The van der Waals surface area contributed by atoms with Crippen molar-refractivity contribution in [1.82, 2.24) is 9.97 Å². The van der Waals surface area contributed by atoms with E-state index in [9.17, 15) is 0 Å². The maximum Gasteiger partial charge on any atom is 0.248 e. The molecule has 0 bridgehead atoms. The standard InChI is InChI=1S/C14H18N4O2/c1-10-3-5-11(6-4-10)20-14-12(15)13(17-9-18-14)16-7-8-19-2/h3-6,9H,7-8,15H2,1-2H3,(H,16,17,18). The molecule has 0 unspecified atom stereocenters. The van der Waals surface area contributed by atoms with Crippen LogP contribution in [-0.2, 0) is 4.74 Å². The highest BCUT2D eigenvalue weighted by Crippen LogP contribution is 2.29. The molecule has 1 aromatic carbocycles. The average Bonchev–Trinajstić information content (AvgIpc) is 2.45. The highest BCUT2D eigenvalue weighted by Gasteiger charge is 2.09. The van der Waals surface area contributed by atoms with Crippen LogP contribution in [-0.4, -0.2) is 30.2 Å². The summed E-state index contributed by atoms with van der Waals surface area (Å²) >= 11 is 0. The summed E-state index contributed by atoms with van der Waals surface area (Å²) in [5.41, 5.74) is 7.53. The van der Waals surface area contributed by atoms with Gasteiger partial charge in [-0.25, -0.2) is 4.98 Å². The number of benzene rings is 1. The molecule has 2 rings (SSSR count). The van der Waals surface area contributed by atoms with Crippen LogP contribution in [0.15, 0.2) is 30.6 Å². The monoisotopic (exact) mass is 274 g/mol. The first-order valence-corrected chi connectivity index (χ1v) is 6.28. The number of hydrogen-bond acceptors (Lipinski definition) is 6. The molecular weight excluding hydrogens is 256 g/mol. The lowest BCUT2D eigenvalue weighted by Crippen LogP contribution is -2.11. The van der Waals surface area contributed by atoms with E-state index in [0.29, 0.717) is 36.3 Å². The largest absolute Gasteiger partial charge is 0.437 e. The molecule has 0 radical (unpaired) electrons. The summed E-state index contributed by atoms with van der Waals surface area (Å²) in [6.07, 6.45) is 1.41. The smallest absolute Gasteiger partial charge is 0.248 e. The number of aryl methyl sites for hydroxylation is 1. The van der Waals surface area contributed by atoms with Gasteiger partial charge in [-0.1, -0.05) is 17.7 Å². The number of rotatable bonds is 6. The number of nitrogens with two attached hydrogens (primary N) is 1. The highest BCUT2D eigenvalue weighted by molar-refractivity contribution is 5.66. The molecule has 0 aliphatic heterocycles. The Morgan fingerprint density at radius 2 is 1.95 bits per heavy atom. The van der Waals surface area contributed by atoms with Gasteiger partial charge in [0.05, 0.1) is 6.61 Å². The molecule has 0 spiro atoms. The average molecular weight is 274 g/mol. The maximum absolute atomic E-state index is 5.99. The van der Waals surface area contributed by atoms with E-state index >= 15 is 0 Å². The second kappa shape index (κ2) is 6.72. The molecule has 1 aromatic heterocycles. The molecule has 0 amide bonds. The molecule has 6 nitrogen and oxygen atoms in total. The third kappa shape index (κ3) is 3.58. The predicted molar refractivity (Wildman–Crippen MR) is 78.1 cm³/mol. The van der Waals surface area contributed by atoms with Crippen LogP contribution < -0.4 is 15.8 Å². The zero-order valence-corrected chi connectivity index (χ0v) is 11.6. The molecule has 3 N–H and O–H groups in total. The summed E-state index contributed by atoms with van der Waals surface area (Å²) in [5.74, 6) is 1.56. The first-order chi connectivity index (χ1) is 9.70. The van der Waals surface area contributed by atoms with Gasteiger partial charge in [-0.3, -0.25) is 0 Å². The summed E-state index contributed by atoms with van der Waals surface area (Å²) in [6.45, 7) is 3.19. The second-order valence-electron chi connectivity index (χ2n) is 4.28. The van der Waals surface area contributed by atoms with Crippen molar-refractivity contribution in [2.24, 2.45) is 0 Å². The number of nitrogen functional groups attached to an aromatic ring is 1. The first kappa shape index (κ1) is 14.1. The third-order valence-electron chi connectivity index (χ3n) is 2.68. The number of nitrogens with zero attached hydrogens (tertiary/aromatic N) is 2. The van der Waals surface area contributed by atoms with Crippen molar-refractivity contribution in [3.63, 3.8) is 0 Å². The zero-order chi connectivity index (χ0) is 14.4. The van der Waals surface area contributed by atoms with E-state index in [0.717, 1.165) is 5.56 Å². The number of nitrogens with one attached hydrogen (secondary N) is 1. The van der Waals surface area contributed by atoms with Gasteiger partial charge in [0, 0.05) is 13.7 Å². The Balaban J connectivity index is 2.11. The number of methoxy groups -OCH3 is 1. The number of ether oxygens (including phenoxy) is 2. The molecule has 0 aliphatic rings. The van der Waals surface area contributed by atoms with Gasteiger partial charge >= 0.3 is 0 Å². The van der Waals surface area contributed by atoms with Gasteiger partial charge in [-0.05, 0) is 19.1 Å². The van der Waals surface area contributed by atoms with E-state index in [2.05, 4.69) is 15.3 Å². The molecule has 2 aromatic rings.